The first-order valence-electron chi connectivity index (χ1n) is 8.36. The number of halogens is 1. The summed E-state index contributed by atoms with van der Waals surface area (Å²) < 4.78 is 13.4. The number of benzene rings is 2. The van der Waals surface area contributed by atoms with E-state index in [1.54, 1.807) is 42.7 Å². The molecular weight excluding hydrogens is 345 g/mol. The van der Waals surface area contributed by atoms with Crippen molar-refractivity contribution in [2.75, 3.05) is 5.32 Å². The van der Waals surface area contributed by atoms with Crippen molar-refractivity contribution in [3.05, 3.63) is 90.0 Å². The molecule has 2 aromatic heterocycles. The smallest absolute Gasteiger partial charge is 0.169 e. The second-order valence-electron chi connectivity index (χ2n) is 6.08. The minimum atomic E-state index is -0.571. The zero-order valence-corrected chi connectivity index (χ0v) is 14.2. The molecule has 27 heavy (non-hydrogen) atoms. The Balaban J connectivity index is 1.86. The number of nitrogens with zero attached hydrogens (tertiary/aromatic N) is 2. The van der Waals surface area contributed by atoms with Gasteiger partial charge >= 0.3 is 0 Å². The predicted octanol–water partition coefficient (Wildman–Crippen LogP) is 4.38. The van der Waals surface area contributed by atoms with Crippen LogP contribution in [-0.4, -0.2) is 20.2 Å². The maximum atomic E-state index is 13.4. The highest BCUT2D eigenvalue weighted by Crippen LogP contribution is 2.37. The summed E-state index contributed by atoms with van der Waals surface area (Å²) in [5, 5.41) is 24.8. The molecule has 0 amide bonds. The molecule has 2 heterocycles. The lowest BCUT2D eigenvalue weighted by Crippen LogP contribution is -2.14. The number of rotatable bonds is 4. The molecule has 1 atom stereocenters. The molecule has 2 aromatic carbocycles. The summed E-state index contributed by atoms with van der Waals surface area (Å²) in [4.78, 5) is 8.40. The Kier molecular flexibility index (Phi) is 4.30. The summed E-state index contributed by atoms with van der Waals surface area (Å²) >= 11 is 0. The SMILES string of the molecule is Oc1cccnc1N[C@H](c1ccc(F)cc1)c1ccc2cccnc2c1O. The van der Waals surface area contributed by atoms with Crippen molar-refractivity contribution < 1.29 is 14.6 Å². The van der Waals surface area contributed by atoms with Gasteiger partial charge in [0, 0.05) is 23.3 Å². The lowest BCUT2D eigenvalue weighted by Gasteiger charge is -2.22. The first-order chi connectivity index (χ1) is 13.1. The monoisotopic (exact) mass is 361 g/mol. The van der Waals surface area contributed by atoms with E-state index in [1.807, 2.05) is 12.1 Å². The zero-order valence-electron chi connectivity index (χ0n) is 14.2. The van der Waals surface area contributed by atoms with Crippen LogP contribution >= 0.6 is 0 Å². The van der Waals surface area contributed by atoms with Crippen LogP contribution in [0.5, 0.6) is 11.5 Å². The summed E-state index contributed by atoms with van der Waals surface area (Å²) in [6.07, 6.45) is 3.16. The van der Waals surface area contributed by atoms with E-state index in [1.165, 1.54) is 18.2 Å². The maximum absolute atomic E-state index is 13.4. The molecule has 0 aliphatic carbocycles. The van der Waals surface area contributed by atoms with Crippen molar-refractivity contribution in [2.24, 2.45) is 0 Å². The first kappa shape index (κ1) is 16.8. The molecule has 4 rings (SSSR count). The minimum absolute atomic E-state index is 0.0188. The van der Waals surface area contributed by atoms with E-state index < -0.39 is 6.04 Å². The van der Waals surface area contributed by atoms with Gasteiger partial charge in [0.05, 0.1) is 6.04 Å². The van der Waals surface area contributed by atoms with Crippen molar-refractivity contribution in [3.8, 4) is 11.5 Å². The van der Waals surface area contributed by atoms with Gasteiger partial charge in [-0.3, -0.25) is 4.98 Å². The van der Waals surface area contributed by atoms with Gasteiger partial charge < -0.3 is 15.5 Å². The molecule has 0 fully saturated rings. The Morgan fingerprint density at radius 3 is 2.37 bits per heavy atom. The Labute approximate surface area is 154 Å². The number of phenols is 1. The molecular formula is C21H16FN3O2. The third-order valence-corrected chi connectivity index (χ3v) is 4.36. The van der Waals surface area contributed by atoms with Crippen molar-refractivity contribution in [1.82, 2.24) is 9.97 Å². The Bertz CT molecular complexity index is 1100. The normalized spacial score (nSPS) is 12.0. The van der Waals surface area contributed by atoms with E-state index in [4.69, 9.17) is 0 Å². The van der Waals surface area contributed by atoms with E-state index in [0.717, 1.165) is 5.39 Å². The third kappa shape index (κ3) is 3.25. The summed E-state index contributed by atoms with van der Waals surface area (Å²) in [5.74, 6) is -0.108. The number of aromatic nitrogens is 2. The fourth-order valence-electron chi connectivity index (χ4n) is 3.02. The number of phenolic OH excluding ortho intramolecular Hbond substituents is 1. The van der Waals surface area contributed by atoms with Crippen LogP contribution in [0.2, 0.25) is 0 Å². The molecule has 0 aliphatic rings. The Morgan fingerprint density at radius 2 is 1.59 bits per heavy atom. The highest BCUT2D eigenvalue weighted by atomic mass is 19.1. The summed E-state index contributed by atoms with van der Waals surface area (Å²) in [6, 6.07) is 15.8. The van der Waals surface area contributed by atoms with E-state index in [2.05, 4.69) is 15.3 Å². The highest BCUT2D eigenvalue weighted by Gasteiger charge is 2.21. The fraction of sp³-hybridized carbons (Fsp3) is 0.0476. The topological polar surface area (TPSA) is 78.3 Å². The number of hydrogen-bond donors (Lipinski definition) is 3. The molecule has 4 aromatic rings. The van der Waals surface area contributed by atoms with Crippen LogP contribution in [-0.2, 0) is 0 Å². The molecule has 5 nitrogen and oxygen atoms in total. The van der Waals surface area contributed by atoms with E-state index in [0.29, 0.717) is 16.6 Å². The quantitative estimate of drug-likeness (QED) is 0.503. The maximum Gasteiger partial charge on any atom is 0.169 e. The van der Waals surface area contributed by atoms with Crippen LogP contribution in [0.15, 0.2) is 73.1 Å². The number of pyridine rings is 2. The molecule has 0 saturated heterocycles. The average Bonchev–Trinajstić information content (AvgIpc) is 2.69. The first-order valence-corrected chi connectivity index (χ1v) is 8.36. The van der Waals surface area contributed by atoms with Gasteiger partial charge in [0.25, 0.3) is 0 Å². The largest absolute Gasteiger partial charge is 0.505 e. The van der Waals surface area contributed by atoms with Gasteiger partial charge in [-0.15, -0.1) is 0 Å². The van der Waals surface area contributed by atoms with Crippen molar-refractivity contribution in [1.29, 1.82) is 0 Å². The standard InChI is InChI=1S/C21H16FN3O2/c22-15-8-5-14(6-9-15)18(25-21-17(26)4-2-12-24-21)16-10-7-13-3-1-11-23-19(13)20(16)27/h1-12,18,26-27H,(H,24,25)/t18-/m1/s1. The van der Waals surface area contributed by atoms with Crippen LogP contribution < -0.4 is 5.32 Å². The van der Waals surface area contributed by atoms with Crippen molar-refractivity contribution in [2.45, 2.75) is 6.04 Å². The summed E-state index contributed by atoms with van der Waals surface area (Å²) in [6.45, 7) is 0. The number of hydrogen-bond acceptors (Lipinski definition) is 5. The van der Waals surface area contributed by atoms with E-state index >= 15 is 0 Å². The Hall–Kier alpha value is -3.67. The molecule has 0 saturated carbocycles. The lowest BCUT2D eigenvalue weighted by molar-refractivity contribution is 0.468. The molecule has 0 unspecified atom stereocenters. The molecule has 3 N–H and O–H groups in total. The molecule has 6 heteroatoms. The molecule has 0 radical (unpaired) electrons. The van der Waals surface area contributed by atoms with Gasteiger partial charge in [-0.2, -0.15) is 0 Å². The van der Waals surface area contributed by atoms with E-state index in [9.17, 15) is 14.6 Å². The van der Waals surface area contributed by atoms with Crippen LogP contribution in [0.1, 0.15) is 17.2 Å². The van der Waals surface area contributed by atoms with Crippen LogP contribution in [0.4, 0.5) is 10.2 Å². The Morgan fingerprint density at radius 1 is 0.852 bits per heavy atom. The van der Waals surface area contributed by atoms with Gasteiger partial charge in [-0.25, -0.2) is 9.37 Å². The second-order valence-corrected chi connectivity index (χ2v) is 6.08. The van der Waals surface area contributed by atoms with Gasteiger partial charge in [-0.05, 0) is 35.9 Å². The summed E-state index contributed by atoms with van der Waals surface area (Å²) in [5.41, 5.74) is 1.71. The predicted molar refractivity (Wildman–Crippen MR) is 101 cm³/mol. The van der Waals surface area contributed by atoms with E-state index in [-0.39, 0.29) is 23.1 Å². The second kappa shape index (κ2) is 6.92. The lowest BCUT2D eigenvalue weighted by atomic mass is 9.96. The number of anilines is 1. The molecule has 134 valence electrons. The van der Waals surface area contributed by atoms with Gasteiger partial charge in [0.15, 0.2) is 11.6 Å². The average molecular weight is 361 g/mol. The minimum Gasteiger partial charge on any atom is -0.505 e. The molecule has 0 bridgehead atoms. The number of fused-ring (bicyclic) bond motifs is 1. The summed E-state index contributed by atoms with van der Waals surface area (Å²) in [7, 11) is 0. The van der Waals surface area contributed by atoms with Crippen LogP contribution in [0.3, 0.4) is 0 Å². The third-order valence-electron chi connectivity index (χ3n) is 4.36. The van der Waals surface area contributed by atoms with Crippen molar-refractivity contribution in [3.63, 3.8) is 0 Å². The van der Waals surface area contributed by atoms with Gasteiger partial charge in [-0.1, -0.05) is 30.3 Å². The number of aromatic hydroxyl groups is 2. The van der Waals surface area contributed by atoms with Gasteiger partial charge in [0.1, 0.15) is 17.1 Å². The number of nitrogens with one attached hydrogen (secondary N) is 1. The van der Waals surface area contributed by atoms with Crippen LogP contribution in [0.25, 0.3) is 10.9 Å². The fourth-order valence-corrected chi connectivity index (χ4v) is 3.02. The highest BCUT2D eigenvalue weighted by molar-refractivity contribution is 5.86. The molecule has 0 spiro atoms. The van der Waals surface area contributed by atoms with Gasteiger partial charge in [0.2, 0.25) is 0 Å². The van der Waals surface area contributed by atoms with Crippen molar-refractivity contribution >= 4 is 16.7 Å². The molecule has 0 aliphatic heterocycles. The zero-order chi connectivity index (χ0) is 18.8. The van der Waals surface area contributed by atoms with Crippen LogP contribution in [0, 0.1) is 5.82 Å².